The second kappa shape index (κ2) is 12.1. The molecule has 3 rings (SSSR count). The zero-order valence-electron chi connectivity index (χ0n) is 19.7. The number of nitrogens with zero attached hydrogens (tertiary/aromatic N) is 4. The molecular formula is C24H26N4O5S. The van der Waals surface area contributed by atoms with E-state index in [1.165, 1.54) is 18.9 Å². The minimum absolute atomic E-state index is 0.392. The molecule has 34 heavy (non-hydrogen) atoms. The molecule has 9 nitrogen and oxygen atoms in total. The van der Waals surface area contributed by atoms with E-state index in [9.17, 15) is 4.79 Å². The number of carbonyl (C=O) groups is 1. The fourth-order valence-electron chi connectivity index (χ4n) is 3.09. The summed E-state index contributed by atoms with van der Waals surface area (Å²) >= 11 is 1.29. The van der Waals surface area contributed by atoms with Gasteiger partial charge in [-0.3, -0.25) is 0 Å². The number of ether oxygens (including phenoxy) is 3. The summed E-state index contributed by atoms with van der Waals surface area (Å²) < 4.78 is 20.9. The van der Waals surface area contributed by atoms with Gasteiger partial charge in [-0.25, -0.2) is 9.79 Å². The Balaban J connectivity index is 2.11. The van der Waals surface area contributed by atoms with Crippen molar-refractivity contribution in [1.29, 1.82) is 0 Å². The second-order valence-electron chi connectivity index (χ2n) is 6.97. The van der Waals surface area contributed by atoms with Gasteiger partial charge in [-0.05, 0) is 61.2 Å². The van der Waals surface area contributed by atoms with Gasteiger partial charge in [-0.2, -0.15) is 9.98 Å². The van der Waals surface area contributed by atoms with Crippen molar-refractivity contribution >= 4 is 34.3 Å². The Labute approximate surface area is 202 Å². The van der Waals surface area contributed by atoms with Gasteiger partial charge in [0, 0.05) is 25.2 Å². The van der Waals surface area contributed by atoms with Crippen LogP contribution in [0.25, 0.3) is 11.4 Å². The van der Waals surface area contributed by atoms with Crippen molar-refractivity contribution in [2.75, 3.05) is 27.1 Å². The average Bonchev–Trinajstić information content (AvgIpc) is 3.28. The van der Waals surface area contributed by atoms with Crippen LogP contribution in [0.15, 0.2) is 57.0 Å². The maximum Gasteiger partial charge on any atom is 0.434 e. The Morgan fingerprint density at radius 3 is 2.50 bits per heavy atom. The van der Waals surface area contributed by atoms with Crippen LogP contribution < -0.4 is 4.74 Å². The van der Waals surface area contributed by atoms with Crippen molar-refractivity contribution < 1.29 is 23.5 Å². The number of methoxy groups -OCH3 is 2. The second-order valence-corrected chi connectivity index (χ2v) is 7.76. The first-order chi connectivity index (χ1) is 16.5. The molecule has 0 saturated carbocycles. The third-order valence-corrected chi connectivity index (χ3v) is 5.19. The number of hydrogen-bond donors (Lipinski definition) is 0. The van der Waals surface area contributed by atoms with Crippen molar-refractivity contribution in [3.63, 3.8) is 0 Å². The maximum atomic E-state index is 12.0. The van der Waals surface area contributed by atoms with Gasteiger partial charge in [0.2, 0.25) is 11.7 Å². The highest BCUT2D eigenvalue weighted by atomic mass is 32.2. The van der Waals surface area contributed by atoms with Gasteiger partial charge in [0.05, 0.1) is 26.0 Å². The molecule has 0 bridgehead atoms. The molecule has 0 atom stereocenters. The Morgan fingerprint density at radius 1 is 1.15 bits per heavy atom. The number of hydrogen-bond acceptors (Lipinski definition) is 9. The fourth-order valence-corrected chi connectivity index (χ4v) is 3.61. The molecule has 0 spiro atoms. The van der Waals surface area contributed by atoms with E-state index in [-0.39, 0.29) is 0 Å². The monoisotopic (exact) mass is 482 g/mol. The lowest BCUT2D eigenvalue weighted by atomic mass is 10.1. The highest BCUT2D eigenvalue weighted by Crippen LogP contribution is 2.25. The molecular weight excluding hydrogens is 456 g/mol. The quantitative estimate of drug-likeness (QED) is 0.317. The van der Waals surface area contributed by atoms with Gasteiger partial charge in [-0.15, -0.1) is 11.8 Å². The summed E-state index contributed by atoms with van der Waals surface area (Å²) in [6, 6.07) is 13.1. The summed E-state index contributed by atoms with van der Waals surface area (Å²) in [7, 11) is 2.91. The lowest BCUT2D eigenvalue weighted by Crippen LogP contribution is -2.15. The van der Waals surface area contributed by atoms with Gasteiger partial charge in [0.25, 0.3) is 0 Å². The van der Waals surface area contributed by atoms with Crippen LogP contribution in [-0.2, 0) is 16.1 Å². The molecule has 1 aromatic heterocycles. The molecule has 1 amide bonds. The summed E-state index contributed by atoms with van der Waals surface area (Å²) in [5, 5.41) is 4.34. The molecule has 0 aliphatic carbocycles. The van der Waals surface area contributed by atoms with Gasteiger partial charge >= 0.3 is 6.09 Å². The number of aromatic nitrogens is 2. The Kier molecular flexibility index (Phi) is 8.94. The predicted molar refractivity (Wildman–Crippen MR) is 132 cm³/mol. The molecule has 2 aromatic carbocycles. The molecule has 1 heterocycles. The largest absolute Gasteiger partial charge is 0.494 e. The van der Waals surface area contributed by atoms with Crippen molar-refractivity contribution in [2.24, 2.45) is 9.98 Å². The maximum absolute atomic E-state index is 12.0. The van der Waals surface area contributed by atoms with E-state index in [1.54, 1.807) is 14.0 Å². The van der Waals surface area contributed by atoms with Gasteiger partial charge in [0.15, 0.2) is 0 Å². The Hall–Kier alpha value is -3.50. The highest BCUT2D eigenvalue weighted by molar-refractivity contribution is 8.15. The Morgan fingerprint density at radius 2 is 1.91 bits per heavy atom. The van der Waals surface area contributed by atoms with Crippen molar-refractivity contribution in [1.82, 2.24) is 10.1 Å². The number of aliphatic imine (C=N–C) groups is 2. The average molecular weight is 483 g/mol. The zero-order valence-corrected chi connectivity index (χ0v) is 20.5. The minimum atomic E-state index is -0.710. The molecule has 3 aromatic rings. The van der Waals surface area contributed by atoms with Crippen LogP contribution in [0.3, 0.4) is 0 Å². The normalized spacial score (nSPS) is 12.0. The van der Waals surface area contributed by atoms with Crippen LogP contribution >= 0.6 is 11.8 Å². The van der Waals surface area contributed by atoms with Gasteiger partial charge in [0.1, 0.15) is 16.5 Å². The van der Waals surface area contributed by atoms with Crippen molar-refractivity contribution in [3.8, 4) is 17.1 Å². The summed E-state index contributed by atoms with van der Waals surface area (Å²) in [4.78, 5) is 25.1. The van der Waals surface area contributed by atoms with Gasteiger partial charge in [-0.1, -0.05) is 5.16 Å². The molecule has 0 radical (unpaired) electrons. The smallest absolute Gasteiger partial charge is 0.434 e. The Bertz CT molecular complexity index is 1160. The molecule has 0 fully saturated rings. The van der Waals surface area contributed by atoms with Crippen LogP contribution in [-0.4, -0.2) is 54.1 Å². The molecule has 0 N–H and O–H groups in total. The molecule has 10 heteroatoms. The summed E-state index contributed by atoms with van der Waals surface area (Å²) in [5.41, 5.74) is 3.58. The number of carbonyl (C=O) groups excluding carboxylic acids is 1. The lowest BCUT2D eigenvalue weighted by Gasteiger charge is -2.13. The van der Waals surface area contributed by atoms with Crippen LogP contribution in [0.1, 0.15) is 23.9 Å². The first kappa shape index (κ1) is 25.1. The third-order valence-electron chi connectivity index (χ3n) is 4.52. The summed E-state index contributed by atoms with van der Waals surface area (Å²) in [6.45, 7) is 4.55. The van der Waals surface area contributed by atoms with E-state index >= 15 is 0 Å². The molecule has 0 saturated heterocycles. The number of thioether (sulfide) groups is 1. The first-order valence-electron chi connectivity index (χ1n) is 10.4. The van der Waals surface area contributed by atoms with E-state index in [4.69, 9.17) is 23.7 Å². The minimum Gasteiger partial charge on any atom is -0.494 e. The number of amides is 1. The van der Waals surface area contributed by atoms with Crippen LogP contribution in [0, 0.1) is 6.92 Å². The standard InChI is InChI=1S/C24H26N4O5S/c1-6-32-20-12-16(14-30-3)11-18(13-20)21(23(34-5)27-24(29)31-4)26-19-9-7-17(8-10-19)22-25-15(2)33-28-22/h7-13H,6,14H2,1-5H3/b26-21-,27-23-. The summed E-state index contributed by atoms with van der Waals surface area (Å²) in [6.07, 6.45) is 1.11. The predicted octanol–water partition coefficient (Wildman–Crippen LogP) is 5.24. The van der Waals surface area contributed by atoms with Crippen LogP contribution in [0.5, 0.6) is 5.75 Å². The molecule has 0 aliphatic rings. The number of benzene rings is 2. The first-order valence-corrected chi connectivity index (χ1v) is 11.7. The van der Waals surface area contributed by atoms with E-state index in [0.29, 0.717) is 47.1 Å². The molecule has 178 valence electrons. The SMILES string of the molecule is CCOc1cc(COC)cc(C(=N/c2ccc(-c3noc(C)n3)cc2)/C(=N/C(=O)OC)SC)c1. The third kappa shape index (κ3) is 6.52. The van der Waals surface area contributed by atoms with E-state index in [0.717, 1.165) is 16.7 Å². The highest BCUT2D eigenvalue weighted by Gasteiger charge is 2.17. The topological polar surface area (TPSA) is 108 Å². The molecule has 0 unspecified atom stereocenters. The van der Waals surface area contributed by atoms with Crippen LogP contribution in [0.2, 0.25) is 0 Å². The summed E-state index contributed by atoms with van der Waals surface area (Å²) in [5.74, 6) is 1.66. The molecule has 0 aliphatic heterocycles. The fraction of sp³-hybridized carbons (Fsp3) is 0.292. The lowest BCUT2D eigenvalue weighted by molar-refractivity contribution is 0.182. The zero-order chi connectivity index (χ0) is 24.5. The number of rotatable bonds is 8. The van der Waals surface area contributed by atoms with E-state index < -0.39 is 6.09 Å². The van der Waals surface area contributed by atoms with Gasteiger partial charge < -0.3 is 18.7 Å². The van der Waals surface area contributed by atoms with E-state index in [2.05, 4.69) is 15.1 Å². The number of aryl methyl sites for hydroxylation is 1. The van der Waals surface area contributed by atoms with Crippen molar-refractivity contribution in [2.45, 2.75) is 20.5 Å². The van der Waals surface area contributed by atoms with Crippen molar-refractivity contribution in [3.05, 3.63) is 59.5 Å². The van der Waals surface area contributed by atoms with E-state index in [1.807, 2.05) is 55.6 Å². The van der Waals surface area contributed by atoms with Crippen LogP contribution in [0.4, 0.5) is 10.5 Å².